The normalized spacial score (nSPS) is 14.4. The Morgan fingerprint density at radius 2 is 1.86 bits per heavy atom. The molecule has 0 aliphatic heterocycles. The Kier molecular flexibility index (Phi) is 6.11. The fourth-order valence-electron chi connectivity index (χ4n) is 5.23. The van der Waals surface area contributed by atoms with Crippen LogP contribution in [0.15, 0.2) is 79.4 Å². The van der Waals surface area contributed by atoms with Crippen LogP contribution in [0.3, 0.4) is 0 Å². The van der Waals surface area contributed by atoms with Crippen LogP contribution < -0.4 is 11.1 Å². The van der Waals surface area contributed by atoms with Crippen LogP contribution in [0.1, 0.15) is 46.1 Å². The molecule has 5 aromatic heterocycles. The number of alkyl halides is 2. The van der Waals surface area contributed by atoms with Gasteiger partial charge in [-0.2, -0.15) is 10.2 Å². The molecule has 1 atom stereocenters. The summed E-state index contributed by atoms with van der Waals surface area (Å²) in [6, 6.07) is 15.6. The molecule has 5 heterocycles. The molecule has 7 rings (SSSR count). The number of carbonyl (C=O) groups is 1. The lowest BCUT2D eigenvalue weighted by Gasteiger charge is -2.16. The van der Waals surface area contributed by atoms with Crippen LogP contribution in [0.4, 0.5) is 14.6 Å². The van der Waals surface area contributed by atoms with Crippen LogP contribution in [-0.2, 0) is 6.42 Å². The third-order valence-electron chi connectivity index (χ3n) is 7.23. The lowest BCUT2D eigenvalue weighted by Crippen LogP contribution is -2.27. The lowest BCUT2D eigenvalue weighted by molar-refractivity contribution is 0.0935. The molecule has 11 nitrogen and oxygen atoms in total. The van der Waals surface area contributed by atoms with Crippen molar-refractivity contribution in [3.05, 3.63) is 102 Å². The van der Waals surface area contributed by atoms with Crippen LogP contribution in [0, 0.1) is 0 Å². The second-order valence-corrected chi connectivity index (χ2v) is 9.76. The zero-order valence-corrected chi connectivity index (χ0v) is 21.9. The van der Waals surface area contributed by atoms with Crippen LogP contribution in [0.5, 0.6) is 0 Å². The highest BCUT2D eigenvalue weighted by molar-refractivity contribution is 5.94. The molecule has 42 heavy (non-hydrogen) atoms. The largest absolute Gasteiger partial charge is 0.383 e. The minimum Gasteiger partial charge on any atom is -0.383 e. The maximum atomic E-state index is 12.9. The fourth-order valence-corrected chi connectivity index (χ4v) is 5.23. The summed E-state index contributed by atoms with van der Waals surface area (Å²) in [4.78, 5) is 31.9. The maximum absolute atomic E-state index is 12.9. The van der Waals surface area contributed by atoms with Gasteiger partial charge in [0.1, 0.15) is 17.0 Å². The second kappa shape index (κ2) is 10.1. The van der Waals surface area contributed by atoms with Gasteiger partial charge in [0.25, 0.3) is 12.3 Å². The zero-order valence-electron chi connectivity index (χ0n) is 21.9. The van der Waals surface area contributed by atoms with Crippen molar-refractivity contribution in [3.63, 3.8) is 0 Å². The van der Waals surface area contributed by atoms with E-state index in [-0.39, 0.29) is 23.2 Å². The molecule has 0 unspecified atom stereocenters. The second-order valence-electron chi connectivity index (χ2n) is 9.76. The third kappa shape index (κ3) is 4.40. The van der Waals surface area contributed by atoms with E-state index in [0.717, 1.165) is 23.2 Å². The number of imidazole rings is 1. The van der Waals surface area contributed by atoms with E-state index in [1.165, 1.54) is 23.1 Å². The summed E-state index contributed by atoms with van der Waals surface area (Å²) in [5.74, 6) is 1.07. The van der Waals surface area contributed by atoms with Crippen molar-refractivity contribution >= 4 is 22.9 Å². The number of aryl methyl sites for hydroxylation is 1. The summed E-state index contributed by atoms with van der Waals surface area (Å²) in [5.41, 5.74) is 10.9. The van der Waals surface area contributed by atoms with E-state index in [1.54, 1.807) is 30.7 Å². The van der Waals surface area contributed by atoms with Gasteiger partial charge in [-0.15, -0.1) is 4.80 Å². The molecule has 13 heteroatoms. The van der Waals surface area contributed by atoms with E-state index >= 15 is 0 Å². The predicted molar refractivity (Wildman–Crippen MR) is 149 cm³/mol. The highest BCUT2D eigenvalue weighted by Gasteiger charge is 2.26. The molecule has 3 N–H and O–H groups in total. The number of nitrogens with two attached hydrogens (primary N) is 1. The van der Waals surface area contributed by atoms with E-state index in [4.69, 9.17) is 15.7 Å². The summed E-state index contributed by atoms with van der Waals surface area (Å²) < 4.78 is 27.6. The van der Waals surface area contributed by atoms with Crippen LogP contribution in [0.2, 0.25) is 0 Å². The number of halogens is 2. The van der Waals surface area contributed by atoms with Crippen molar-refractivity contribution in [1.29, 1.82) is 0 Å². The zero-order chi connectivity index (χ0) is 28.8. The number of aromatic nitrogens is 8. The van der Waals surface area contributed by atoms with Gasteiger partial charge in [-0.1, -0.05) is 6.07 Å². The molecule has 0 bridgehead atoms. The molecule has 0 fully saturated rings. The first kappa shape index (κ1) is 25.4. The Bertz CT molecular complexity index is 1940. The molecule has 1 aromatic carbocycles. The Hall–Kier alpha value is -5.59. The fraction of sp³-hybridized carbons (Fsp3) is 0.138. The molecule has 1 aliphatic rings. The molecule has 6 aromatic rings. The van der Waals surface area contributed by atoms with Crippen molar-refractivity contribution in [3.8, 4) is 22.9 Å². The average Bonchev–Trinajstić information content (AvgIpc) is 3.76. The summed E-state index contributed by atoms with van der Waals surface area (Å²) in [6.07, 6.45) is 4.68. The lowest BCUT2D eigenvalue weighted by atomic mass is 10.1. The minimum absolute atomic E-state index is 0.224. The van der Waals surface area contributed by atoms with Gasteiger partial charge >= 0.3 is 0 Å². The molecule has 1 aliphatic carbocycles. The number of anilines is 1. The molecule has 0 saturated heterocycles. The van der Waals surface area contributed by atoms with Gasteiger partial charge in [0, 0.05) is 18.1 Å². The summed E-state index contributed by atoms with van der Waals surface area (Å²) >= 11 is 0. The van der Waals surface area contributed by atoms with E-state index in [9.17, 15) is 13.6 Å². The number of rotatable bonds is 6. The van der Waals surface area contributed by atoms with Crippen LogP contribution in [0.25, 0.3) is 34.1 Å². The van der Waals surface area contributed by atoms with Gasteiger partial charge in [-0.05, 0) is 72.5 Å². The van der Waals surface area contributed by atoms with Crippen LogP contribution >= 0.6 is 0 Å². The number of benzene rings is 1. The van der Waals surface area contributed by atoms with Gasteiger partial charge in [0.05, 0.1) is 29.6 Å². The van der Waals surface area contributed by atoms with E-state index in [1.807, 2.05) is 28.8 Å². The summed E-state index contributed by atoms with van der Waals surface area (Å²) in [6.45, 7) is 0. The summed E-state index contributed by atoms with van der Waals surface area (Å²) in [5, 5.41) is 11.4. The number of pyridine rings is 3. The number of hydrogen-bond donors (Lipinski definition) is 2. The van der Waals surface area contributed by atoms with Gasteiger partial charge in [-0.3, -0.25) is 14.3 Å². The van der Waals surface area contributed by atoms with Crippen molar-refractivity contribution in [2.75, 3.05) is 5.73 Å². The van der Waals surface area contributed by atoms with Gasteiger partial charge in [0.2, 0.25) is 0 Å². The Morgan fingerprint density at radius 3 is 2.62 bits per heavy atom. The SMILES string of the molecule is Nc1ncccc1-c1nc2ccc(-n3nccn3)nc2n1-c1ccc2c(c1)CC[C@@H]2NC(=O)c1ccc(C(F)F)nc1. The first-order valence-electron chi connectivity index (χ1n) is 13.1. The third-order valence-corrected chi connectivity index (χ3v) is 7.23. The Labute approximate surface area is 237 Å². The standard InChI is InChI=1S/C29H22F2N10O/c30-25(31)22-8-4-17(15-34-22)29(42)38-21-7-3-16-14-18(5-6-19(16)21)40-27(20-2-1-11-33-26(20)32)37-23-9-10-24(39-28(23)40)41-35-12-13-36-41/h1-2,4-6,8-15,21,25H,3,7H2,(H2,32,33)(H,38,42)/t21-/m0/s1. The molecule has 0 radical (unpaired) electrons. The number of fused-ring (bicyclic) bond motifs is 2. The van der Waals surface area contributed by atoms with Crippen LogP contribution in [-0.4, -0.2) is 45.4 Å². The van der Waals surface area contributed by atoms with Gasteiger partial charge in [-0.25, -0.2) is 23.7 Å². The molecular formula is C29H22F2N10O. The topological polar surface area (TPSA) is 142 Å². The summed E-state index contributed by atoms with van der Waals surface area (Å²) in [7, 11) is 0. The van der Waals surface area contributed by atoms with Crippen molar-refractivity contribution < 1.29 is 13.6 Å². The Balaban J connectivity index is 1.27. The molecule has 0 spiro atoms. The highest BCUT2D eigenvalue weighted by Crippen LogP contribution is 2.36. The predicted octanol–water partition coefficient (Wildman–Crippen LogP) is 4.40. The van der Waals surface area contributed by atoms with Gasteiger partial charge < -0.3 is 11.1 Å². The minimum atomic E-state index is -2.69. The van der Waals surface area contributed by atoms with Gasteiger partial charge in [0.15, 0.2) is 17.3 Å². The smallest absolute Gasteiger partial charge is 0.280 e. The first-order chi connectivity index (χ1) is 20.5. The quantitative estimate of drug-likeness (QED) is 0.303. The highest BCUT2D eigenvalue weighted by atomic mass is 19.3. The van der Waals surface area contributed by atoms with Crippen molar-refractivity contribution in [2.24, 2.45) is 0 Å². The number of nitrogen functional groups attached to an aromatic ring is 1. The average molecular weight is 565 g/mol. The maximum Gasteiger partial charge on any atom is 0.280 e. The number of carbonyl (C=O) groups excluding carboxylic acids is 1. The molecule has 1 amide bonds. The molecule has 0 saturated carbocycles. The monoisotopic (exact) mass is 564 g/mol. The van der Waals surface area contributed by atoms with E-state index in [0.29, 0.717) is 40.6 Å². The van der Waals surface area contributed by atoms with E-state index < -0.39 is 6.43 Å². The van der Waals surface area contributed by atoms with E-state index in [2.05, 4.69) is 31.5 Å². The first-order valence-corrected chi connectivity index (χ1v) is 13.1. The molecular weight excluding hydrogens is 542 g/mol. The van der Waals surface area contributed by atoms with Crippen molar-refractivity contribution in [1.82, 2.24) is 44.8 Å². The number of nitrogens with zero attached hydrogens (tertiary/aromatic N) is 8. The molecule has 208 valence electrons. The van der Waals surface area contributed by atoms with Crippen molar-refractivity contribution in [2.45, 2.75) is 25.3 Å². The number of nitrogens with one attached hydrogen (secondary N) is 1. The number of amides is 1. The Morgan fingerprint density at radius 1 is 1.00 bits per heavy atom. The number of hydrogen-bond acceptors (Lipinski definition) is 8.